The second-order valence-electron chi connectivity index (χ2n) is 4.51. The third-order valence-corrected chi connectivity index (χ3v) is 3.07. The second kappa shape index (κ2) is 9.15. The summed E-state index contributed by atoms with van der Waals surface area (Å²) in [6, 6.07) is 3.12. The van der Waals surface area contributed by atoms with Crippen molar-refractivity contribution < 1.29 is 19.1 Å². The molecule has 0 saturated carbocycles. The van der Waals surface area contributed by atoms with Crippen LogP contribution in [0.1, 0.15) is 30.6 Å². The average Bonchev–Trinajstić information content (AvgIpc) is 2.48. The number of hydrogen-bond acceptors (Lipinski definition) is 4. The van der Waals surface area contributed by atoms with Crippen LogP contribution in [0.3, 0.4) is 0 Å². The molecule has 1 aromatic carbocycles. The Morgan fingerprint density at radius 3 is 2.50 bits per heavy atom. The van der Waals surface area contributed by atoms with Crippen molar-refractivity contribution in [3.05, 3.63) is 22.7 Å². The van der Waals surface area contributed by atoms with Crippen LogP contribution in [0, 0.1) is 0 Å². The van der Waals surface area contributed by atoms with Crippen LogP contribution < -0.4 is 20.1 Å². The van der Waals surface area contributed by atoms with E-state index < -0.39 is 0 Å². The number of rotatable bonds is 8. The molecule has 2 N–H and O–H groups in total. The summed E-state index contributed by atoms with van der Waals surface area (Å²) < 4.78 is 10.6. The van der Waals surface area contributed by atoms with Gasteiger partial charge in [0.1, 0.15) is 0 Å². The summed E-state index contributed by atoms with van der Waals surface area (Å²) in [5, 5.41) is 5.74. The molecule has 0 unspecified atom stereocenters. The van der Waals surface area contributed by atoms with Crippen molar-refractivity contribution in [3.63, 3.8) is 0 Å². The number of carbonyl (C=O) groups is 2. The summed E-state index contributed by atoms with van der Waals surface area (Å²) in [6.07, 6.45) is 0.646. The minimum absolute atomic E-state index is 0.0886. The Bertz CT molecular complexity index is 535. The zero-order valence-corrected chi connectivity index (χ0v) is 13.8. The number of ether oxygens (including phenoxy) is 2. The van der Waals surface area contributed by atoms with E-state index in [-0.39, 0.29) is 11.8 Å². The number of halogens is 1. The molecule has 0 aliphatic heterocycles. The molecule has 0 bridgehead atoms. The molecule has 0 saturated heterocycles. The maximum atomic E-state index is 12.1. The molecule has 122 valence electrons. The van der Waals surface area contributed by atoms with Gasteiger partial charge in [-0.25, -0.2) is 0 Å². The van der Waals surface area contributed by atoms with Gasteiger partial charge in [-0.15, -0.1) is 0 Å². The standard InChI is InChI=1S/C15H21ClN2O4/c1-4-22-14-12(16)8-11(9-13(14)21-3)15(20)18-7-5-6-17-10(2)19/h8-9H,4-7H2,1-3H3,(H,17,19)(H,18,20). The summed E-state index contributed by atoms with van der Waals surface area (Å²) in [7, 11) is 1.49. The summed E-state index contributed by atoms with van der Waals surface area (Å²) in [6.45, 7) is 4.71. The Hall–Kier alpha value is -1.95. The third kappa shape index (κ3) is 5.44. The highest BCUT2D eigenvalue weighted by Crippen LogP contribution is 2.36. The van der Waals surface area contributed by atoms with Gasteiger partial charge in [0.25, 0.3) is 5.91 Å². The number of amides is 2. The highest BCUT2D eigenvalue weighted by molar-refractivity contribution is 6.32. The van der Waals surface area contributed by atoms with Gasteiger partial charge in [-0.05, 0) is 25.5 Å². The predicted molar refractivity (Wildman–Crippen MR) is 84.8 cm³/mol. The van der Waals surface area contributed by atoms with Gasteiger partial charge in [0.15, 0.2) is 11.5 Å². The molecular weight excluding hydrogens is 308 g/mol. The lowest BCUT2D eigenvalue weighted by Crippen LogP contribution is -2.28. The topological polar surface area (TPSA) is 76.7 Å². The SMILES string of the molecule is CCOc1c(Cl)cc(C(=O)NCCCNC(C)=O)cc1OC. The molecule has 0 fully saturated rings. The van der Waals surface area contributed by atoms with Gasteiger partial charge in [-0.3, -0.25) is 9.59 Å². The number of nitrogens with one attached hydrogen (secondary N) is 2. The van der Waals surface area contributed by atoms with Crippen molar-refractivity contribution in [3.8, 4) is 11.5 Å². The van der Waals surface area contributed by atoms with Crippen molar-refractivity contribution >= 4 is 23.4 Å². The number of carbonyl (C=O) groups excluding carboxylic acids is 2. The van der Waals surface area contributed by atoms with Gasteiger partial charge >= 0.3 is 0 Å². The minimum Gasteiger partial charge on any atom is -0.493 e. The number of hydrogen-bond donors (Lipinski definition) is 2. The molecule has 0 aromatic heterocycles. The monoisotopic (exact) mass is 328 g/mol. The van der Waals surface area contributed by atoms with E-state index in [2.05, 4.69) is 10.6 Å². The lowest BCUT2D eigenvalue weighted by Gasteiger charge is -2.13. The maximum absolute atomic E-state index is 12.1. The summed E-state index contributed by atoms with van der Waals surface area (Å²) in [5.41, 5.74) is 0.393. The van der Waals surface area contributed by atoms with Crippen LogP contribution in [-0.2, 0) is 4.79 Å². The molecule has 1 rings (SSSR count). The van der Waals surface area contributed by atoms with Crippen molar-refractivity contribution in [1.29, 1.82) is 0 Å². The van der Waals surface area contributed by atoms with Gasteiger partial charge in [0.2, 0.25) is 5.91 Å². The molecule has 7 heteroatoms. The van der Waals surface area contributed by atoms with Crippen LogP contribution in [0.4, 0.5) is 0 Å². The van der Waals surface area contributed by atoms with Crippen LogP contribution in [0.5, 0.6) is 11.5 Å². The van der Waals surface area contributed by atoms with E-state index >= 15 is 0 Å². The zero-order valence-electron chi connectivity index (χ0n) is 13.0. The average molecular weight is 329 g/mol. The molecule has 0 spiro atoms. The lowest BCUT2D eigenvalue weighted by atomic mass is 10.2. The summed E-state index contributed by atoms with van der Waals surface area (Å²) >= 11 is 6.12. The fourth-order valence-electron chi connectivity index (χ4n) is 1.79. The van der Waals surface area contributed by atoms with E-state index in [1.807, 2.05) is 6.92 Å². The predicted octanol–water partition coefficient (Wildman–Crippen LogP) is 2.00. The first-order valence-corrected chi connectivity index (χ1v) is 7.40. The Kier molecular flexibility index (Phi) is 7.52. The van der Waals surface area contributed by atoms with E-state index in [1.54, 1.807) is 6.07 Å². The van der Waals surface area contributed by atoms with Crippen molar-refractivity contribution in [2.45, 2.75) is 20.3 Å². The lowest BCUT2D eigenvalue weighted by molar-refractivity contribution is -0.118. The summed E-state index contributed by atoms with van der Waals surface area (Å²) in [5.74, 6) is 0.493. The van der Waals surface area contributed by atoms with Gasteiger partial charge < -0.3 is 20.1 Å². The molecule has 0 radical (unpaired) electrons. The van der Waals surface area contributed by atoms with E-state index in [1.165, 1.54) is 20.1 Å². The van der Waals surface area contributed by atoms with Crippen molar-refractivity contribution in [2.75, 3.05) is 26.8 Å². The largest absolute Gasteiger partial charge is 0.493 e. The van der Waals surface area contributed by atoms with Crippen molar-refractivity contribution in [1.82, 2.24) is 10.6 Å². The van der Waals surface area contributed by atoms with Crippen LogP contribution >= 0.6 is 11.6 Å². The van der Waals surface area contributed by atoms with Gasteiger partial charge in [0, 0.05) is 25.6 Å². The Morgan fingerprint density at radius 2 is 1.91 bits per heavy atom. The first-order chi connectivity index (χ1) is 10.5. The van der Waals surface area contributed by atoms with Gasteiger partial charge in [0.05, 0.1) is 18.7 Å². The quantitative estimate of drug-likeness (QED) is 0.716. The van der Waals surface area contributed by atoms with E-state index in [0.29, 0.717) is 48.2 Å². The second-order valence-corrected chi connectivity index (χ2v) is 4.92. The Labute approximate surface area is 135 Å². The highest BCUT2D eigenvalue weighted by Gasteiger charge is 2.15. The smallest absolute Gasteiger partial charge is 0.251 e. The molecule has 22 heavy (non-hydrogen) atoms. The fraction of sp³-hybridized carbons (Fsp3) is 0.467. The molecule has 0 aliphatic rings. The molecule has 2 amide bonds. The number of methoxy groups -OCH3 is 1. The first-order valence-electron chi connectivity index (χ1n) is 7.02. The van der Waals surface area contributed by atoms with E-state index in [9.17, 15) is 9.59 Å². The van der Waals surface area contributed by atoms with Crippen molar-refractivity contribution in [2.24, 2.45) is 0 Å². The van der Waals surface area contributed by atoms with Crippen LogP contribution in [0.2, 0.25) is 5.02 Å². The maximum Gasteiger partial charge on any atom is 0.251 e. The number of benzene rings is 1. The first kappa shape index (κ1) is 18.1. The molecule has 0 aliphatic carbocycles. The van der Waals surface area contributed by atoms with Gasteiger partial charge in [-0.1, -0.05) is 11.6 Å². The third-order valence-electron chi connectivity index (χ3n) is 2.79. The van der Waals surface area contributed by atoms with Crippen LogP contribution in [0.15, 0.2) is 12.1 Å². The van der Waals surface area contributed by atoms with Crippen LogP contribution in [-0.4, -0.2) is 38.6 Å². The zero-order chi connectivity index (χ0) is 16.5. The molecule has 0 atom stereocenters. The summed E-state index contributed by atoms with van der Waals surface area (Å²) in [4.78, 5) is 22.8. The Balaban J connectivity index is 2.65. The molecule has 0 heterocycles. The molecular formula is C15H21ClN2O4. The van der Waals surface area contributed by atoms with Crippen LogP contribution in [0.25, 0.3) is 0 Å². The van der Waals surface area contributed by atoms with E-state index in [0.717, 1.165) is 0 Å². The Morgan fingerprint density at radius 1 is 1.23 bits per heavy atom. The minimum atomic E-state index is -0.258. The van der Waals surface area contributed by atoms with Gasteiger partial charge in [-0.2, -0.15) is 0 Å². The molecule has 6 nitrogen and oxygen atoms in total. The molecule has 1 aromatic rings. The highest BCUT2D eigenvalue weighted by atomic mass is 35.5. The normalized spacial score (nSPS) is 10.0. The van der Waals surface area contributed by atoms with E-state index in [4.69, 9.17) is 21.1 Å². The fourth-order valence-corrected chi connectivity index (χ4v) is 2.06.